The van der Waals surface area contributed by atoms with Crippen LogP contribution in [0.15, 0.2) is 24.3 Å². The Bertz CT molecular complexity index is 296. The number of carbonyl (C=O) groups excluding carboxylic acids is 1. The number of ether oxygens (including phenoxy) is 2. The second-order valence-electron chi connectivity index (χ2n) is 4.09. The minimum atomic E-state index is -0.660. The summed E-state index contributed by atoms with van der Waals surface area (Å²) in [7, 11) is 1.55. The number of carbonyl (C=O) groups is 1. The Kier molecular flexibility index (Phi) is 5.94. The van der Waals surface area contributed by atoms with Gasteiger partial charge >= 0.3 is 5.97 Å². The molecule has 0 aliphatic carbocycles. The highest BCUT2D eigenvalue weighted by Gasteiger charge is 2.23. The van der Waals surface area contributed by atoms with Gasteiger partial charge in [0.05, 0.1) is 6.10 Å². The van der Waals surface area contributed by atoms with Gasteiger partial charge in [-0.2, -0.15) is 0 Å². The molecule has 4 nitrogen and oxygen atoms in total. The van der Waals surface area contributed by atoms with Crippen LogP contribution < -0.4 is 0 Å². The molecule has 0 aromatic rings. The Morgan fingerprint density at radius 2 is 2.29 bits per heavy atom. The first-order chi connectivity index (χ1) is 8.17. The second-order valence-corrected chi connectivity index (χ2v) is 4.09. The van der Waals surface area contributed by atoms with Crippen molar-refractivity contribution in [3.63, 3.8) is 0 Å². The monoisotopic (exact) mass is 240 g/mol. The maximum atomic E-state index is 11.4. The highest BCUT2D eigenvalue weighted by Crippen LogP contribution is 2.15. The molecule has 0 aromatic heterocycles. The zero-order chi connectivity index (χ0) is 12.7. The van der Waals surface area contributed by atoms with Crippen LogP contribution in [0.2, 0.25) is 0 Å². The topological polar surface area (TPSA) is 55.8 Å². The summed E-state index contributed by atoms with van der Waals surface area (Å²) in [5, 5.41) is 9.98. The lowest BCUT2D eigenvalue weighted by Gasteiger charge is -2.24. The van der Waals surface area contributed by atoms with Crippen molar-refractivity contribution in [3.8, 4) is 0 Å². The van der Waals surface area contributed by atoms with Crippen molar-refractivity contribution in [2.75, 3.05) is 7.11 Å². The van der Waals surface area contributed by atoms with E-state index >= 15 is 0 Å². The summed E-state index contributed by atoms with van der Waals surface area (Å²) in [6.45, 7) is 2.02. The Morgan fingerprint density at radius 3 is 2.94 bits per heavy atom. The van der Waals surface area contributed by atoms with Crippen LogP contribution in [0.4, 0.5) is 0 Å². The lowest BCUT2D eigenvalue weighted by molar-refractivity contribution is -0.145. The molecular weight excluding hydrogens is 220 g/mol. The third kappa shape index (κ3) is 4.71. The molecule has 0 unspecified atom stereocenters. The minimum Gasteiger partial charge on any atom is -0.459 e. The third-order valence-electron chi connectivity index (χ3n) is 2.69. The van der Waals surface area contributed by atoms with E-state index in [9.17, 15) is 9.90 Å². The summed E-state index contributed by atoms with van der Waals surface area (Å²) in [6, 6.07) is 0. The van der Waals surface area contributed by atoms with E-state index in [1.165, 1.54) is 6.08 Å². The highest BCUT2D eigenvalue weighted by molar-refractivity contribution is 5.82. The fraction of sp³-hybridized carbons (Fsp3) is 0.615. The van der Waals surface area contributed by atoms with Gasteiger partial charge in [-0.1, -0.05) is 31.6 Å². The molecule has 0 fully saturated rings. The fourth-order valence-electron chi connectivity index (χ4n) is 1.83. The number of hydrogen-bond donors (Lipinski definition) is 1. The summed E-state index contributed by atoms with van der Waals surface area (Å²) in [4.78, 5) is 11.4. The molecule has 0 aromatic carbocycles. The van der Waals surface area contributed by atoms with Crippen molar-refractivity contribution < 1.29 is 19.4 Å². The first-order valence-corrected chi connectivity index (χ1v) is 5.93. The molecule has 1 N–H and O–H groups in total. The van der Waals surface area contributed by atoms with E-state index < -0.39 is 6.10 Å². The number of esters is 1. The van der Waals surface area contributed by atoms with Gasteiger partial charge in [-0.3, -0.25) is 0 Å². The van der Waals surface area contributed by atoms with Gasteiger partial charge < -0.3 is 14.6 Å². The molecule has 3 atom stereocenters. The number of rotatable bonds is 3. The smallest absolute Gasteiger partial charge is 0.331 e. The number of methoxy groups -OCH3 is 1. The average Bonchev–Trinajstić information content (AvgIpc) is 2.28. The normalized spacial score (nSPS) is 33.8. The number of cyclic esters (lactones) is 1. The molecule has 0 spiro atoms. The van der Waals surface area contributed by atoms with Gasteiger partial charge in [-0.25, -0.2) is 4.79 Å². The van der Waals surface area contributed by atoms with Crippen LogP contribution in [0, 0.1) is 0 Å². The standard InChI is InChI=1S/C13H20O4/c1-3-6-10-9-11(14)12(16-2)7-4-5-8-13(15)17-10/h4-5,7-8,10-12,14H,3,6,9H2,1-2H3/b7-4+,8-5-/t10-,11+,12+/m1/s1. The van der Waals surface area contributed by atoms with Gasteiger partial charge in [-0.15, -0.1) is 0 Å². The predicted octanol–water partition coefficient (Wildman–Crippen LogP) is 1.59. The Balaban J connectivity index is 2.78. The van der Waals surface area contributed by atoms with E-state index in [0.717, 1.165) is 12.8 Å². The quantitative estimate of drug-likeness (QED) is 0.761. The van der Waals surface area contributed by atoms with Gasteiger partial charge in [0.25, 0.3) is 0 Å². The molecule has 96 valence electrons. The summed E-state index contributed by atoms with van der Waals surface area (Å²) in [5.74, 6) is -0.365. The maximum Gasteiger partial charge on any atom is 0.331 e. The zero-order valence-electron chi connectivity index (χ0n) is 10.3. The molecule has 0 radical (unpaired) electrons. The summed E-state index contributed by atoms with van der Waals surface area (Å²) >= 11 is 0. The summed E-state index contributed by atoms with van der Waals surface area (Å²) in [6.07, 6.45) is 7.16. The molecule has 1 rings (SSSR count). The van der Waals surface area contributed by atoms with Crippen molar-refractivity contribution in [2.45, 2.75) is 44.5 Å². The molecule has 0 amide bonds. The number of hydrogen-bond acceptors (Lipinski definition) is 4. The molecule has 0 saturated heterocycles. The SMILES string of the molecule is CCC[C@@H]1C[C@H](O)[C@@H](OC)/C=C/C=C\C(=O)O1. The molecular formula is C13H20O4. The average molecular weight is 240 g/mol. The number of aliphatic hydroxyl groups excluding tert-OH is 1. The highest BCUT2D eigenvalue weighted by atomic mass is 16.5. The van der Waals surface area contributed by atoms with Gasteiger partial charge in [0.15, 0.2) is 0 Å². The lowest BCUT2D eigenvalue weighted by Crippen LogP contribution is -2.32. The van der Waals surface area contributed by atoms with Crippen molar-refractivity contribution in [2.24, 2.45) is 0 Å². The Labute approximate surface area is 102 Å². The Hall–Kier alpha value is -1.13. The van der Waals surface area contributed by atoms with Crippen LogP contribution in [0.1, 0.15) is 26.2 Å². The molecule has 0 bridgehead atoms. The number of allylic oxidation sites excluding steroid dienone is 2. The lowest BCUT2D eigenvalue weighted by atomic mass is 10.0. The van der Waals surface area contributed by atoms with Crippen LogP contribution in [0.25, 0.3) is 0 Å². The first-order valence-electron chi connectivity index (χ1n) is 5.93. The Morgan fingerprint density at radius 1 is 1.53 bits per heavy atom. The summed E-state index contributed by atoms with van der Waals surface area (Å²) in [5.41, 5.74) is 0. The van der Waals surface area contributed by atoms with Crippen molar-refractivity contribution in [3.05, 3.63) is 24.3 Å². The van der Waals surface area contributed by atoms with E-state index in [2.05, 4.69) is 0 Å². The second kappa shape index (κ2) is 7.25. The zero-order valence-corrected chi connectivity index (χ0v) is 10.3. The van der Waals surface area contributed by atoms with Crippen LogP contribution in [0.3, 0.4) is 0 Å². The van der Waals surface area contributed by atoms with Crippen LogP contribution in [-0.2, 0) is 14.3 Å². The van der Waals surface area contributed by atoms with E-state index in [1.807, 2.05) is 6.92 Å². The van der Waals surface area contributed by atoms with Crippen molar-refractivity contribution >= 4 is 5.97 Å². The summed E-state index contributed by atoms with van der Waals surface area (Å²) < 4.78 is 10.4. The van der Waals surface area contributed by atoms with Gasteiger partial charge in [0, 0.05) is 19.6 Å². The largest absolute Gasteiger partial charge is 0.459 e. The van der Waals surface area contributed by atoms with E-state index in [1.54, 1.807) is 25.3 Å². The van der Waals surface area contributed by atoms with Gasteiger partial charge in [0.2, 0.25) is 0 Å². The molecule has 17 heavy (non-hydrogen) atoms. The van der Waals surface area contributed by atoms with Crippen LogP contribution >= 0.6 is 0 Å². The van der Waals surface area contributed by atoms with Crippen LogP contribution in [0.5, 0.6) is 0 Å². The predicted molar refractivity (Wildman–Crippen MR) is 64.5 cm³/mol. The maximum absolute atomic E-state index is 11.4. The van der Waals surface area contributed by atoms with Crippen molar-refractivity contribution in [1.82, 2.24) is 0 Å². The van der Waals surface area contributed by atoms with Gasteiger partial charge in [-0.05, 0) is 6.42 Å². The fourth-order valence-corrected chi connectivity index (χ4v) is 1.83. The molecule has 1 heterocycles. The number of aliphatic hydroxyl groups is 1. The van der Waals surface area contributed by atoms with E-state index in [4.69, 9.17) is 9.47 Å². The molecule has 1 aliphatic heterocycles. The van der Waals surface area contributed by atoms with Gasteiger partial charge in [0.1, 0.15) is 12.2 Å². The molecule has 4 heteroatoms. The van der Waals surface area contributed by atoms with Crippen LogP contribution in [-0.4, -0.2) is 36.5 Å². The first kappa shape index (κ1) is 13.9. The van der Waals surface area contributed by atoms with E-state index in [-0.39, 0.29) is 18.2 Å². The minimum absolute atomic E-state index is 0.253. The molecule has 0 saturated carbocycles. The van der Waals surface area contributed by atoms with Crippen molar-refractivity contribution in [1.29, 1.82) is 0 Å². The van der Waals surface area contributed by atoms with E-state index in [0.29, 0.717) is 6.42 Å². The molecule has 1 aliphatic rings. The third-order valence-corrected chi connectivity index (χ3v) is 2.69.